The molecule has 0 amide bonds. The van der Waals surface area contributed by atoms with E-state index in [0.717, 1.165) is 6.20 Å². The number of hydrogen-bond donors (Lipinski definition) is 1. The summed E-state index contributed by atoms with van der Waals surface area (Å²) in [5.41, 5.74) is 1.67. The number of halogens is 5. The maximum atomic E-state index is 12.4. The molecular weight excluding hydrogens is 219 g/mol. The molecule has 1 aromatic heterocycles. The quantitative estimate of drug-likeness (QED) is 0.747. The van der Waals surface area contributed by atoms with Crippen molar-refractivity contribution in [2.24, 2.45) is 0 Å². The number of aryl methyl sites for hydroxylation is 1. The zero-order valence-corrected chi connectivity index (χ0v) is 7.57. The van der Waals surface area contributed by atoms with Gasteiger partial charge in [-0.3, -0.25) is 0 Å². The number of rotatable bonds is 1. The van der Waals surface area contributed by atoms with Crippen LogP contribution >= 0.6 is 0 Å². The fourth-order valence-electron chi connectivity index (χ4n) is 1.16. The Hall–Kier alpha value is -1.40. The second-order valence-corrected chi connectivity index (χ2v) is 2.92. The second-order valence-electron chi connectivity index (χ2n) is 2.92. The van der Waals surface area contributed by atoms with Crippen LogP contribution in [0.1, 0.15) is 23.2 Å². The van der Waals surface area contributed by atoms with E-state index in [0.29, 0.717) is 0 Å². The second kappa shape index (κ2) is 3.63. The van der Waals surface area contributed by atoms with Gasteiger partial charge < -0.3 is 5.73 Å². The number of anilines is 1. The van der Waals surface area contributed by atoms with E-state index in [1.165, 1.54) is 6.92 Å². The van der Waals surface area contributed by atoms with Gasteiger partial charge in [-0.15, -0.1) is 0 Å². The van der Waals surface area contributed by atoms with E-state index in [1.54, 1.807) is 0 Å². The van der Waals surface area contributed by atoms with Crippen molar-refractivity contribution in [2.75, 3.05) is 5.73 Å². The summed E-state index contributed by atoms with van der Waals surface area (Å²) in [6.07, 6.45) is -7.13. The van der Waals surface area contributed by atoms with E-state index in [9.17, 15) is 22.0 Å². The van der Waals surface area contributed by atoms with Crippen LogP contribution in [-0.4, -0.2) is 4.98 Å². The van der Waals surface area contributed by atoms with Gasteiger partial charge in [0.2, 0.25) is 0 Å². The molecule has 15 heavy (non-hydrogen) atoms. The lowest BCUT2D eigenvalue weighted by molar-refractivity contribution is -0.140. The Bertz CT molecular complexity index is 372. The molecule has 1 rings (SSSR count). The lowest BCUT2D eigenvalue weighted by atomic mass is 10.1. The van der Waals surface area contributed by atoms with Crippen LogP contribution in [0.4, 0.5) is 27.6 Å². The maximum Gasteiger partial charge on any atom is 0.435 e. The van der Waals surface area contributed by atoms with Gasteiger partial charge in [-0.25, -0.2) is 13.8 Å². The van der Waals surface area contributed by atoms with Gasteiger partial charge in [-0.2, -0.15) is 13.2 Å². The van der Waals surface area contributed by atoms with Crippen molar-refractivity contribution in [3.63, 3.8) is 0 Å². The van der Waals surface area contributed by atoms with Crippen molar-refractivity contribution in [2.45, 2.75) is 19.5 Å². The number of nitrogens with two attached hydrogens (primary N) is 1. The zero-order valence-electron chi connectivity index (χ0n) is 7.57. The molecule has 0 aliphatic carbocycles. The van der Waals surface area contributed by atoms with Crippen LogP contribution in [0.3, 0.4) is 0 Å². The van der Waals surface area contributed by atoms with E-state index in [2.05, 4.69) is 4.98 Å². The molecule has 84 valence electrons. The number of alkyl halides is 5. The molecule has 0 aliphatic heterocycles. The zero-order chi connectivity index (χ0) is 11.8. The highest BCUT2D eigenvalue weighted by Gasteiger charge is 2.37. The summed E-state index contributed by atoms with van der Waals surface area (Å²) >= 11 is 0. The van der Waals surface area contributed by atoms with Gasteiger partial charge in [0.1, 0.15) is 0 Å². The summed E-state index contributed by atoms with van der Waals surface area (Å²) in [5.74, 6) is 0. The Morgan fingerprint density at radius 1 is 1.33 bits per heavy atom. The topological polar surface area (TPSA) is 38.9 Å². The Balaban J connectivity index is 3.42. The normalized spacial score (nSPS) is 12.2. The maximum absolute atomic E-state index is 12.4. The molecule has 0 fully saturated rings. The van der Waals surface area contributed by atoms with Gasteiger partial charge in [0.05, 0.1) is 5.69 Å². The minimum absolute atomic E-state index is 0.0597. The molecule has 1 heterocycles. The Morgan fingerprint density at radius 3 is 2.27 bits per heavy atom. The molecule has 0 atom stereocenters. The van der Waals surface area contributed by atoms with Crippen LogP contribution in [0.25, 0.3) is 0 Å². The third kappa shape index (κ3) is 2.16. The van der Waals surface area contributed by atoms with Crippen LogP contribution in [0.15, 0.2) is 6.20 Å². The highest BCUT2D eigenvalue weighted by molar-refractivity contribution is 5.55. The third-order valence-electron chi connectivity index (χ3n) is 1.84. The van der Waals surface area contributed by atoms with E-state index in [4.69, 9.17) is 5.73 Å². The summed E-state index contributed by atoms with van der Waals surface area (Å²) in [4.78, 5) is 3.01. The number of hydrogen-bond acceptors (Lipinski definition) is 2. The SMILES string of the molecule is Cc1cnc(C(F)(F)F)c(N)c1C(F)F. The molecule has 0 radical (unpaired) electrons. The van der Waals surface area contributed by atoms with Crippen molar-refractivity contribution in [3.8, 4) is 0 Å². The van der Waals surface area contributed by atoms with Gasteiger partial charge in [-0.05, 0) is 12.5 Å². The Kier molecular flexibility index (Phi) is 2.83. The van der Waals surface area contributed by atoms with E-state index in [1.807, 2.05) is 0 Å². The van der Waals surface area contributed by atoms with Crippen molar-refractivity contribution in [1.82, 2.24) is 4.98 Å². The van der Waals surface area contributed by atoms with Crippen molar-refractivity contribution < 1.29 is 22.0 Å². The molecule has 0 saturated heterocycles. The summed E-state index contributed by atoms with van der Waals surface area (Å²) < 4.78 is 61.5. The van der Waals surface area contributed by atoms with Crippen LogP contribution in [-0.2, 0) is 6.18 Å². The molecule has 0 aliphatic rings. The predicted octanol–water partition coefficient (Wildman–Crippen LogP) is 2.93. The number of nitrogens with zero attached hydrogens (tertiary/aromatic N) is 1. The van der Waals surface area contributed by atoms with Crippen molar-refractivity contribution in [3.05, 3.63) is 23.0 Å². The fraction of sp³-hybridized carbons (Fsp3) is 0.375. The molecular formula is C8H7F5N2. The Morgan fingerprint density at radius 2 is 1.87 bits per heavy atom. The molecule has 7 heteroatoms. The van der Waals surface area contributed by atoms with Crippen molar-refractivity contribution >= 4 is 5.69 Å². The minimum atomic E-state index is -4.82. The number of aromatic nitrogens is 1. The lowest BCUT2D eigenvalue weighted by Gasteiger charge is -2.13. The molecule has 1 aromatic rings. The molecule has 0 saturated carbocycles. The first-order chi connectivity index (χ1) is 6.75. The summed E-state index contributed by atoms with van der Waals surface area (Å²) in [6.45, 7) is 1.23. The van der Waals surface area contributed by atoms with Gasteiger partial charge in [0, 0.05) is 11.8 Å². The van der Waals surface area contributed by atoms with E-state index < -0.39 is 29.5 Å². The Labute approximate surface area is 81.9 Å². The van der Waals surface area contributed by atoms with Gasteiger partial charge in [0.25, 0.3) is 6.43 Å². The summed E-state index contributed by atoms with van der Waals surface area (Å²) in [6, 6.07) is 0. The van der Waals surface area contributed by atoms with Crippen LogP contribution < -0.4 is 5.73 Å². The van der Waals surface area contributed by atoms with Crippen molar-refractivity contribution in [1.29, 1.82) is 0 Å². The molecule has 0 aromatic carbocycles. The summed E-state index contributed by atoms with van der Waals surface area (Å²) in [7, 11) is 0. The number of pyridine rings is 1. The highest BCUT2D eigenvalue weighted by Crippen LogP contribution is 2.37. The van der Waals surface area contributed by atoms with E-state index in [-0.39, 0.29) is 5.56 Å². The monoisotopic (exact) mass is 226 g/mol. The van der Waals surface area contributed by atoms with Crippen LogP contribution in [0.5, 0.6) is 0 Å². The largest absolute Gasteiger partial charge is 0.435 e. The standard InChI is InChI=1S/C8H7F5N2/c1-3-2-15-6(8(11,12)13)5(14)4(3)7(9)10/h2,7H,14H2,1H3. The van der Waals surface area contributed by atoms with Crippen LogP contribution in [0.2, 0.25) is 0 Å². The minimum Gasteiger partial charge on any atom is -0.397 e. The average molecular weight is 226 g/mol. The first-order valence-corrected chi connectivity index (χ1v) is 3.85. The summed E-state index contributed by atoms with van der Waals surface area (Å²) in [5, 5.41) is 0. The molecule has 0 unspecified atom stereocenters. The highest BCUT2D eigenvalue weighted by atomic mass is 19.4. The third-order valence-corrected chi connectivity index (χ3v) is 1.84. The van der Waals surface area contributed by atoms with E-state index >= 15 is 0 Å². The molecule has 2 nitrogen and oxygen atoms in total. The smallest absolute Gasteiger partial charge is 0.397 e. The lowest BCUT2D eigenvalue weighted by Crippen LogP contribution is -2.14. The predicted molar refractivity (Wildman–Crippen MR) is 43.3 cm³/mol. The first-order valence-electron chi connectivity index (χ1n) is 3.85. The first kappa shape index (κ1) is 11.7. The molecule has 0 bridgehead atoms. The van der Waals surface area contributed by atoms with Crippen LogP contribution in [0, 0.1) is 6.92 Å². The van der Waals surface area contributed by atoms with Gasteiger partial charge >= 0.3 is 6.18 Å². The molecule has 0 spiro atoms. The van der Waals surface area contributed by atoms with Gasteiger partial charge in [-0.1, -0.05) is 0 Å². The van der Waals surface area contributed by atoms with Gasteiger partial charge in [0.15, 0.2) is 5.69 Å². The molecule has 2 N–H and O–H groups in total. The number of nitrogen functional groups attached to an aromatic ring is 1. The fourth-order valence-corrected chi connectivity index (χ4v) is 1.16. The average Bonchev–Trinajstić information content (AvgIpc) is 2.00.